The highest BCUT2D eigenvalue weighted by atomic mass is 35.5. The molecule has 0 bridgehead atoms. The predicted molar refractivity (Wildman–Crippen MR) is 81.9 cm³/mol. The van der Waals surface area contributed by atoms with E-state index in [4.69, 9.17) is 23.2 Å². The molecule has 1 amide bonds. The van der Waals surface area contributed by atoms with Crippen LogP contribution in [0.15, 0.2) is 24.3 Å². The molecule has 0 saturated heterocycles. The van der Waals surface area contributed by atoms with Crippen LogP contribution < -0.4 is 5.32 Å². The molecule has 0 spiro atoms. The van der Waals surface area contributed by atoms with Gasteiger partial charge in [-0.15, -0.1) is 0 Å². The summed E-state index contributed by atoms with van der Waals surface area (Å²) < 4.78 is 0. The van der Waals surface area contributed by atoms with Crippen LogP contribution in [0, 0.1) is 0 Å². The highest BCUT2D eigenvalue weighted by Gasteiger charge is 2.19. The van der Waals surface area contributed by atoms with Gasteiger partial charge in [-0.3, -0.25) is 4.79 Å². The van der Waals surface area contributed by atoms with Crippen molar-refractivity contribution in [2.75, 3.05) is 0 Å². The summed E-state index contributed by atoms with van der Waals surface area (Å²) in [5, 5.41) is 13.3. The Morgan fingerprint density at radius 3 is 2.55 bits per heavy atom. The van der Waals surface area contributed by atoms with Gasteiger partial charge >= 0.3 is 0 Å². The molecule has 0 aliphatic heterocycles. The number of carbonyl (C=O) groups is 1. The van der Waals surface area contributed by atoms with E-state index in [2.05, 4.69) is 5.32 Å². The molecule has 1 fully saturated rings. The topological polar surface area (TPSA) is 49.3 Å². The summed E-state index contributed by atoms with van der Waals surface area (Å²) in [6.45, 7) is 0. The Balaban J connectivity index is 1.87. The summed E-state index contributed by atoms with van der Waals surface area (Å²) in [7, 11) is 0. The molecule has 1 aliphatic rings. The molecule has 1 aromatic carbocycles. The summed E-state index contributed by atoms with van der Waals surface area (Å²) >= 11 is 11.7. The lowest BCUT2D eigenvalue weighted by Crippen LogP contribution is -2.37. The van der Waals surface area contributed by atoms with Crippen LogP contribution in [0.25, 0.3) is 6.08 Å². The van der Waals surface area contributed by atoms with Gasteiger partial charge in [0.05, 0.1) is 16.1 Å². The molecule has 108 valence electrons. The lowest BCUT2D eigenvalue weighted by atomic mass is 9.93. The van der Waals surface area contributed by atoms with Gasteiger partial charge in [0.2, 0.25) is 5.91 Å². The third kappa shape index (κ3) is 4.51. The third-order valence-electron chi connectivity index (χ3n) is 3.41. The summed E-state index contributed by atoms with van der Waals surface area (Å²) in [4.78, 5) is 11.8. The Kier molecular flexibility index (Phi) is 5.46. The zero-order valence-electron chi connectivity index (χ0n) is 11.0. The minimum absolute atomic E-state index is 0.127. The fourth-order valence-electron chi connectivity index (χ4n) is 2.26. The first kappa shape index (κ1) is 15.4. The highest BCUT2D eigenvalue weighted by molar-refractivity contribution is 6.42. The number of nitrogens with one attached hydrogen (secondary N) is 1. The molecule has 20 heavy (non-hydrogen) atoms. The molecule has 0 unspecified atom stereocenters. The van der Waals surface area contributed by atoms with Crippen LogP contribution in [0.1, 0.15) is 31.2 Å². The van der Waals surface area contributed by atoms with Crippen molar-refractivity contribution in [2.45, 2.75) is 37.8 Å². The molecule has 5 heteroatoms. The van der Waals surface area contributed by atoms with Crippen LogP contribution in [0.2, 0.25) is 10.0 Å². The molecular weight excluding hydrogens is 297 g/mol. The molecule has 0 radical (unpaired) electrons. The van der Waals surface area contributed by atoms with Crippen LogP contribution in [-0.2, 0) is 4.79 Å². The fraction of sp³-hybridized carbons (Fsp3) is 0.400. The second-order valence-electron chi connectivity index (χ2n) is 5.02. The quantitative estimate of drug-likeness (QED) is 0.840. The van der Waals surface area contributed by atoms with Gasteiger partial charge in [-0.25, -0.2) is 0 Å². The van der Waals surface area contributed by atoms with Gasteiger partial charge in [0, 0.05) is 12.1 Å². The number of aliphatic hydroxyl groups excluding tert-OH is 1. The number of benzene rings is 1. The summed E-state index contributed by atoms with van der Waals surface area (Å²) in [6.07, 6.45) is 6.14. The number of hydrogen-bond donors (Lipinski definition) is 2. The van der Waals surface area contributed by atoms with E-state index in [0.717, 1.165) is 31.2 Å². The predicted octanol–water partition coefficient (Wildman–Crippen LogP) is 3.43. The number of amides is 1. The SMILES string of the molecule is O=C(/C=C/c1ccc(Cl)c(Cl)c1)NC1CCC(O)CC1. The van der Waals surface area contributed by atoms with Crippen molar-refractivity contribution in [1.82, 2.24) is 5.32 Å². The fourth-order valence-corrected chi connectivity index (χ4v) is 2.56. The minimum Gasteiger partial charge on any atom is -0.393 e. The highest BCUT2D eigenvalue weighted by Crippen LogP contribution is 2.23. The second kappa shape index (κ2) is 7.11. The monoisotopic (exact) mass is 313 g/mol. The average molecular weight is 314 g/mol. The second-order valence-corrected chi connectivity index (χ2v) is 5.84. The number of halogens is 2. The van der Waals surface area contributed by atoms with Crippen LogP contribution in [0.5, 0.6) is 0 Å². The van der Waals surface area contributed by atoms with E-state index in [1.165, 1.54) is 6.08 Å². The first-order chi connectivity index (χ1) is 9.54. The molecule has 1 aliphatic carbocycles. The van der Waals surface area contributed by atoms with E-state index >= 15 is 0 Å². The van der Waals surface area contributed by atoms with Crippen molar-refractivity contribution in [3.8, 4) is 0 Å². The molecule has 2 rings (SSSR count). The van der Waals surface area contributed by atoms with Gasteiger partial charge < -0.3 is 10.4 Å². The Labute approximate surface area is 128 Å². The van der Waals surface area contributed by atoms with Crippen LogP contribution in [0.4, 0.5) is 0 Å². The summed E-state index contributed by atoms with van der Waals surface area (Å²) in [6, 6.07) is 5.37. The smallest absolute Gasteiger partial charge is 0.244 e. The van der Waals surface area contributed by atoms with Crippen molar-refractivity contribution in [2.24, 2.45) is 0 Å². The molecular formula is C15H17Cl2NO2. The average Bonchev–Trinajstić information content (AvgIpc) is 2.43. The third-order valence-corrected chi connectivity index (χ3v) is 4.15. The lowest BCUT2D eigenvalue weighted by Gasteiger charge is -2.25. The molecule has 3 nitrogen and oxygen atoms in total. The maximum absolute atomic E-state index is 11.8. The molecule has 0 atom stereocenters. The van der Waals surface area contributed by atoms with Gasteiger partial charge in [0.25, 0.3) is 0 Å². The van der Waals surface area contributed by atoms with E-state index in [9.17, 15) is 9.90 Å². The number of rotatable bonds is 3. The van der Waals surface area contributed by atoms with Gasteiger partial charge in [0.1, 0.15) is 0 Å². The van der Waals surface area contributed by atoms with E-state index in [0.29, 0.717) is 10.0 Å². The van der Waals surface area contributed by atoms with Gasteiger partial charge in [-0.2, -0.15) is 0 Å². The molecule has 1 saturated carbocycles. The van der Waals surface area contributed by atoms with E-state index in [1.54, 1.807) is 24.3 Å². The lowest BCUT2D eigenvalue weighted by molar-refractivity contribution is -0.117. The van der Waals surface area contributed by atoms with Gasteiger partial charge in [-0.05, 0) is 49.5 Å². The summed E-state index contributed by atoms with van der Waals surface area (Å²) in [5.74, 6) is -0.127. The molecule has 1 aromatic rings. The normalized spacial score (nSPS) is 22.9. The maximum atomic E-state index is 11.8. The minimum atomic E-state index is -0.213. The number of hydrogen-bond acceptors (Lipinski definition) is 2. The van der Waals surface area contributed by atoms with Crippen molar-refractivity contribution < 1.29 is 9.90 Å². The van der Waals surface area contributed by atoms with E-state index < -0.39 is 0 Å². The van der Waals surface area contributed by atoms with Crippen molar-refractivity contribution in [3.05, 3.63) is 39.9 Å². The van der Waals surface area contributed by atoms with Crippen LogP contribution in [-0.4, -0.2) is 23.2 Å². The van der Waals surface area contributed by atoms with E-state index in [-0.39, 0.29) is 18.1 Å². The van der Waals surface area contributed by atoms with Crippen molar-refractivity contribution in [3.63, 3.8) is 0 Å². The van der Waals surface area contributed by atoms with E-state index in [1.807, 2.05) is 0 Å². The van der Waals surface area contributed by atoms with Crippen molar-refractivity contribution >= 4 is 35.2 Å². The largest absolute Gasteiger partial charge is 0.393 e. The number of aliphatic hydroxyl groups is 1. The zero-order chi connectivity index (χ0) is 14.5. The van der Waals surface area contributed by atoms with Gasteiger partial charge in [0.15, 0.2) is 0 Å². The zero-order valence-corrected chi connectivity index (χ0v) is 12.5. The standard InChI is InChI=1S/C15H17Cl2NO2/c16-13-7-1-10(9-14(13)17)2-8-15(20)18-11-3-5-12(19)6-4-11/h1-2,7-9,11-12,19H,3-6H2,(H,18,20)/b8-2+. The Hall–Kier alpha value is -1.03. The first-order valence-corrected chi connectivity index (χ1v) is 7.42. The van der Waals surface area contributed by atoms with Crippen LogP contribution in [0.3, 0.4) is 0 Å². The number of carbonyl (C=O) groups excluding carboxylic acids is 1. The van der Waals surface area contributed by atoms with Gasteiger partial charge in [-0.1, -0.05) is 29.3 Å². The summed E-state index contributed by atoms with van der Waals surface area (Å²) in [5.41, 5.74) is 0.827. The molecule has 0 heterocycles. The first-order valence-electron chi connectivity index (χ1n) is 6.66. The van der Waals surface area contributed by atoms with Crippen molar-refractivity contribution in [1.29, 1.82) is 0 Å². The van der Waals surface area contributed by atoms with Crippen LogP contribution >= 0.6 is 23.2 Å². The Morgan fingerprint density at radius 1 is 1.20 bits per heavy atom. The molecule has 0 aromatic heterocycles. The maximum Gasteiger partial charge on any atom is 0.244 e. The Bertz CT molecular complexity index is 509. The Morgan fingerprint density at radius 2 is 1.90 bits per heavy atom. The molecule has 2 N–H and O–H groups in total.